The Kier molecular flexibility index (Phi) is 3.15. The average molecular weight is 167 g/mol. The molecule has 0 heterocycles. The third-order valence-electron chi connectivity index (χ3n) is 1.77. The summed E-state index contributed by atoms with van der Waals surface area (Å²) in [6.07, 6.45) is 0. The molecule has 0 bridgehead atoms. The summed E-state index contributed by atoms with van der Waals surface area (Å²) >= 11 is 0. The van der Waals surface area contributed by atoms with Crippen molar-refractivity contribution < 1.29 is 0 Å². The van der Waals surface area contributed by atoms with E-state index in [9.17, 15) is 0 Å². The van der Waals surface area contributed by atoms with E-state index in [1.54, 1.807) is 0 Å². The van der Waals surface area contributed by atoms with Crippen molar-refractivity contribution in [3.05, 3.63) is 42.5 Å². The number of nitrogens with two attached hydrogens (primary N) is 1. The summed E-state index contributed by atoms with van der Waals surface area (Å²) < 4.78 is 0. The third kappa shape index (κ3) is 1.81. The van der Waals surface area contributed by atoms with Crippen molar-refractivity contribution in [2.24, 2.45) is 0 Å². The predicted molar refractivity (Wildman–Crippen MR) is 55.5 cm³/mol. The summed E-state index contributed by atoms with van der Waals surface area (Å²) in [5.41, 5.74) is 6.45. The maximum absolute atomic E-state index is 5.62. The number of benzene rings is 2. The molecular weight excluding hydrogens is 157 g/mol. The van der Waals surface area contributed by atoms with Gasteiger partial charge < -0.3 is 5.73 Å². The van der Waals surface area contributed by atoms with Crippen molar-refractivity contribution in [3.63, 3.8) is 0 Å². The second-order valence-corrected chi connectivity index (χ2v) is 2.61. The van der Waals surface area contributed by atoms with E-state index in [-0.39, 0.29) is 29.6 Å². The Bertz CT molecular complexity index is 384. The van der Waals surface area contributed by atoms with Crippen LogP contribution in [0.3, 0.4) is 0 Å². The molecule has 2 aromatic rings. The van der Waals surface area contributed by atoms with Crippen LogP contribution in [0, 0.1) is 0 Å². The van der Waals surface area contributed by atoms with E-state index in [2.05, 4.69) is 12.1 Å². The van der Waals surface area contributed by atoms with Crippen LogP contribution in [0.1, 0.15) is 0 Å². The van der Waals surface area contributed by atoms with E-state index in [4.69, 9.17) is 5.73 Å². The Labute approximate surface area is 93.9 Å². The molecule has 0 radical (unpaired) electrons. The van der Waals surface area contributed by atoms with Crippen molar-refractivity contribution in [2.75, 3.05) is 5.73 Å². The van der Waals surface area contributed by atoms with E-state index in [0.717, 1.165) is 5.69 Å². The van der Waals surface area contributed by atoms with Gasteiger partial charge in [0.05, 0.1) is 0 Å². The van der Waals surface area contributed by atoms with Gasteiger partial charge in [-0.15, -0.1) is 0 Å². The first-order valence-electron chi connectivity index (χ1n) is 3.60. The standard InChI is InChI=1S/C10H9N.Na.H/c11-10-6-5-8-3-1-2-4-9(8)7-10;;/h1-7H,11H2;;. The molecule has 56 valence electrons. The number of nitrogen functional groups attached to an aromatic ring is 1. The molecule has 0 aliphatic heterocycles. The minimum absolute atomic E-state index is 0. The van der Waals surface area contributed by atoms with Gasteiger partial charge in [-0.2, -0.15) is 0 Å². The van der Waals surface area contributed by atoms with E-state index < -0.39 is 0 Å². The van der Waals surface area contributed by atoms with E-state index in [1.807, 2.05) is 30.3 Å². The molecule has 2 heteroatoms. The van der Waals surface area contributed by atoms with Crippen LogP contribution in [0.5, 0.6) is 0 Å². The topological polar surface area (TPSA) is 26.0 Å². The molecule has 0 unspecified atom stereocenters. The molecule has 12 heavy (non-hydrogen) atoms. The fourth-order valence-corrected chi connectivity index (χ4v) is 1.21. The van der Waals surface area contributed by atoms with Crippen molar-refractivity contribution in [1.29, 1.82) is 0 Å². The summed E-state index contributed by atoms with van der Waals surface area (Å²) in [5.74, 6) is 0. The van der Waals surface area contributed by atoms with Crippen LogP contribution in [0.15, 0.2) is 42.5 Å². The van der Waals surface area contributed by atoms with Crippen molar-refractivity contribution in [3.8, 4) is 0 Å². The molecule has 1 nitrogen and oxygen atoms in total. The second kappa shape index (κ2) is 3.94. The van der Waals surface area contributed by atoms with Gasteiger partial charge in [-0.1, -0.05) is 30.3 Å². The average Bonchev–Trinajstić information content (AvgIpc) is 2.04. The number of hydrogen-bond donors (Lipinski definition) is 1. The Morgan fingerprint density at radius 1 is 0.833 bits per heavy atom. The first-order chi connectivity index (χ1) is 5.36. The van der Waals surface area contributed by atoms with Gasteiger partial charge in [0.15, 0.2) is 0 Å². The fourth-order valence-electron chi connectivity index (χ4n) is 1.21. The number of hydrogen-bond acceptors (Lipinski definition) is 1. The molecule has 2 aromatic carbocycles. The summed E-state index contributed by atoms with van der Waals surface area (Å²) in [4.78, 5) is 0. The van der Waals surface area contributed by atoms with Gasteiger partial charge in [0, 0.05) is 5.69 Å². The summed E-state index contributed by atoms with van der Waals surface area (Å²) in [5, 5.41) is 2.44. The van der Waals surface area contributed by atoms with Crippen LogP contribution in [0.2, 0.25) is 0 Å². The van der Waals surface area contributed by atoms with Crippen LogP contribution in [0.4, 0.5) is 5.69 Å². The first kappa shape index (κ1) is 9.59. The van der Waals surface area contributed by atoms with Crippen LogP contribution >= 0.6 is 0 Å². The Morgan fingerprint density at radius 2 is 1.50 bits per heavy atom. The molecule has 0 aromatic heterocycles. The molecular formula is C10H10NNa. The van der Waals surface area contributed by atoms with Crippen LogP contribution in [0.25, 0.3) is 10.8 Å². The Hall–Kier alpha value is -0.500. The Balaban J connectivity index is 0.000000720. The van der Waals surface area contributed by atoms with Gasteiger partial charge in [-0.25, -0.2) is 0 Å². The SMILES string of the molecule is Nc1ccc2ccccc2c1.[NaH]. The zero-order chi connectivity index (χ0) is 7.68. The molecule has 0 aliphatic carbocycles. The summed E-state index contributed by atoms with van der Waals surface area (Å²) in [7, 11) is 0. The van der Waals surface area contributed by atoms with Gasteiger partial charge in [0.1, 0.15) is 0 Å². The van der Waals surface area contributed by atoms with Crippen LogP contribution in [-0.4, -0.2) is 29.6 Å². The van der Waals surface area contributed by atoms with Gasteiger partial charge >= 0.3 is 29.6 Å². The van der Waals surface area contributed by atoms with E-state index in [0.29, 0.717) is 0 Å². The molecule has 0 spiro atoms. The van der Waals surface area contributed by atoms with Crippen LogP contribution < -0.4 is 5.73 Å². The van der Waals surface area contributed by atoms with Gasteiger partial charge in [-0.3, -0.25) is 0 Å². The normalized spacial score (nSPS) is 9.33. The number of rotatable bonds is 0. The quantitative estimate of drug-likeness (QED) is 0.469. The van der Waals surface area contributed by atoms with E-state index >= 15 is 0 Å². The maximum atomic E-state index is 5.62. The molecule has 0 fully saturated rings. The summed E-state index contributed by atoms with van der Waals surface area (Å²) in [6.45, 7) is 0. The van der Waals surface area contributed by atoms with Crippen molar-refractivity contribution in [2.45, 2.75) is 0 Å². The van der Waals surface area contributed by atoms with Crippen molar-refractivity contribution in [1.82, 2.24) is 0 Å². The van der Waals surface area contributed by atoms with Crippen molar-refractivity contribution >= 4 is 46.0 Å². The first-order valence-corrected chi connectivity index (χ1v) is 3.60. The fraction of sp³-hybridized carbons (Fsp3) is 0. The van der Waals surface area contributed by atoms with Gasteiger partial charge in [0.25, 0.3) is 0 Å². The molecule has 0 saturated heterocycles. The third-order valence-corrected chi connectivity index (χ3v) is 1.77. The number of anilines is 1. The Morgan fingerprint density at radius 3 is 2.25 bits per heavy atom. The minimum atomic E-state index is 0. The molecule has 0 amide bonds. The van der Waals surface area contributed by atoms with Gasteiger partial charge in [-0.05, 0) is 22.9 Å². The summed E-state index contributed by atoms with van der Waals surface area (Å²) in [6, 6.07) is 14.1. The number of fused-ring (bicyclic) bond motifs is 1. The molecule has 0 atom stereocenters. The predicted octanol–water partition coefficient (Wildman–Crippen LogP) is 1.77. The van der Waals surface area contributed by atoms with Crippen LogP contribution in [-0.2, 0) is 0 Å². The zero-order valence-electron chi connectivity index (χ0n) is 6.12. The zero-order valence-corrected chi connectivity index (χ0v) is 6.12. The second-order valence-electron chi connectivity index (χ2n) is 2.61. The molecule has 0 aliphatic rings. The molecule has 2 rings (SSSR count). The van der Waals surface area contributed by atoms with E-state index in [1.165, 1.54) is 10.8 Å². The molecule has 0 saturated carbocycles. The molecule has 2 N–H and O–H groups in total. The monoisotopic (exact) mass is 167 g/mol. The van der Waals surface area contributed by atoms with Gasteiger partial charge in [0.2, 0.25) is 0 Å².